The highest BCUT2D eigenvalue weighted by Gasteiger charge is 2.31. The van der Waals surface area contributed by atoms with Crippen molar-refractivity contribution in [3.05, 3.63) is 82.4 Å². The molecule has 0 N–H and O–H groups in total. The Morgan fingerprint density at radius 1 is 1.00 bits per heavy atom. The van der Waals surface area contributed by atoms with Crippen LogP contribution in [0.4, 0.5) is 0 Å². The minimum absolute atomic E-state index is 0.0866. The number of ether oxygens (including phenoxy) is 1. The number of nitrogens with zero attached hydrogens (tertiary/aromatic N) is 4. The number of fused-ring (bicyclic) bond motifs is 1. The summed E-state index contributed by atoms with van der Waals surface area (Å²) in [7, 11) is 1.28. The van der Waals surface area contributed by atoms with E-state index in [1.165, 1.54) is 61.2 Å². The van der Waals surface area contributed by atoms with E-state index in [0.29, 0.717) is 22.1 Å². The fourth-order valence-electron chi connectivity index (χ4n) is 8.04. The number of rotatable bonds is 11. The monoisotopic (exact) mass is 784 g/mol. The fourth-order valence-corrected chi connectivity index (χ4v) is 9.37. The first kappa shape index (κ1) is 34.8. The van der Waals surface area contributed by atoms with Gasteiger partial charge in [0.1, 0.15) is 16.8 Å². The van der Waals surface area contributed by atoms with Gasteiger partial charge in [-0.3, -0.25) is 4.79 Å². The number of sulfonamides is 1. The maximum Gasteiger partial charge on any atom is 0.316 e. The number of carbonyl (C=O) groups is 1. The highest BCUT2D eigenvalue weighted by Crippen LogP contribution is 2.44. The lowest BCUT2D eigenvalue weighted by Crippen LogP contribution is -2.27. The SMILES string of the molecule is COc1cc(C(CC(=O)OI)c2ccc(C)c(CN(C)S(=O)(=O)c3ccc(C4CCCC(C5CCCC5)C4)cc3)c2)cc2nnn(C)c12. The van der Waals surface area contributed by atoms with E-state index >= 15 is 0 Å². The number of methoxy groups -OCH3 is 1. The number of carbonyl (C=O) groups excluding carboxylic acids is 1. The molecule has 2 fully saturated rings. The number of hydrogen-bond acceptors (Lipinski definition) is 7. The van der Waals surface area contributed by atoms with Gasteiger partial charge in [0, 0.05) is 26.6 Å². The van der Waals surface area contributed by atoms with Crippen molar-refractivity contribution in [1.82, 2.24) is 19.3 Å². The van der Waals surface area contributed by atoms with Crippen LogP contribution in [0.5, 0.6) is 5.75 Å². The summed E-state index contributed by atoms with van der Waals surface area (Å²) in [5.74, 6) is 2.05. The van der Waals surface area contributed by atoms with Crippen molar-refractivity contribution in [2.75, 3.05) is 14.2 Å². The maximum atomic E-state index is 13.8. The fraction of sp³-hybridized carbons (Fsp3) is 0.486. The van der Waals surface area contributed by atoms with Gasteiger partial charge >= 0.3 is 5.97 Å². The molecule has 0 radical (unpaired) electrons. The van der Waals surface area contributed by atoms with E-state index in [0.717, 1.165) is 39.6 Å². The number of aromatic nitrogens is 3. The zero-order valence-corrected chi connectivity index (χ0v) is 31.2. The standard InChI is InChI=1S/C37H45IN4O5S/c1-24-12-13-29(33(22-36(43)47-38)30-20-34-37(35(21-30)46-4)42(3)40-39-34)19-31(24)23-41(2)48(44,45)32-16-14-26(15-17-32)28-11-7-10-27(18-28)25-8-5-6-9-25/h12-17,19-21,25,27-28,33H,5-11,18,22-23H2,1-4H3. The minimum atomic E-state index is -3.74. The van der Waals surface area contributed by atoms with Crippen LogP contribution in [0.1, 0.15) is 97.4 Å². The van der Waals surface area contributed by atoms with Crippen LogP contribution >= 0.6 is 23.0 Å². The van der Waals surface area contributed by atoms with Crippen molar-refractivity contribution < 1.29 is 21.0 Å². The molecule has 0 bridgehead atoms. The number of benzene rings is 3. The number of aryl methyl sites for hydroxylation is 2. The van der Waals surface area contributed by atoms with Crippen molar-refractivity contribution in [2.24, 2.45) is 18.9 Å². The Labute approximate surface area is 298 Å². The average molecular weight is 785 g/mol. The Morgan fingerprint density at radius 2 is 1.73 bits per heavy atom. The van der Waals surface area contributed by atoms with Gasteiger partial charge in [0.15, 0.2) is 23.0 Å². The summed E-state index contributed by atoms with van der Waals surface area (Å²) in [4.78, 5) is 12.9. The van der Waals surface area contributed by atoms with E-state index in [4.69, 9.17) is 7.80 Å². The molecule has 11 heteroatoms. The average Bonchev–Trinajstić information content (AvgIpc) is 3.78. The summed E-state index contributed by atoms with van der Waals surface area (Å²) in [6.45, 7) is 2.16. The Kier molecular flexibility index (Phi) is 10.8. The quantitative estimate of drug-likeness (QED) is 0.142. The molecule has 4 aromatic rings. The molecule has 0 saturated heterocycles. The normalized spacial score (nSPS) is 19.5. The molecule has 0 spiro atoms. The minimum Gasteiger partial charge on any atom is -0.494 e. The van der Waals surface area contributed by atoms with E-state index in [1.54, 1.807) is 61.0 Å². The van der Waals surface area contributed by atoms with Crippen LogP contribution < -0.4 is 4.74 Å². The predicted molar refractivity (Wildman–Crippen MR) is 195 cm³/mol. The summed E-state index contributed by atoms with van der Waals surface area (Å²) in [5.41, 5.74) is 6.17. The van der Waals surface area contributed by atoms with Crippen molar-refractivity contribution in [3.63, 3.8) is 0 Å². The molecule has 0 aliphatic heterocycles. The highest BCUT2D eigenvalue weighted by atomic mass is 127. The van der Waals surface area contributed by atoms with Crippen molar-refractivity contribution in [2.45, 2.75) is 88.0 Å². The molecular formula is C37H45IN4O5S. The smallest absolute Gasteiger partial charge is 0.316 e. The largest absolute Gasteiger partial charge is 0.494 e. The molecule has 0 amide bonds. The van der Waals surface area contributed by atoms with Crippen LogP contribution in [0.15, 0.2) is 59.5 Å². The molecule has 1 heterocycles. The molecule has 3 unspecified atom stereocenters. The summed E-state index contributed by atoms with van der Waals surface area (Å²) in [6.07, 6.45) is 10.6. The van der Waals surface area contributed by atoms with Gasteiger partial charge in [-0.05, 0) is 89.6 Å². The van der Waals surface area contributed by atoms with Crippen LogP contribution in [-0.2, 0) is 31.5 Å². The van der Waals surface area contributed by atoms with E-state index < -0.39 is 10.0 Å². The number of halogens is 1. The van der Waals surface area contributed by atoms with Crippen LogP contribution in [0.3, 0.4) is 0 Å². The predicted octanol–water partition coefficient (Wildman–Crippen LogP) is 7.99. The third-order valence-electron chi connectivity index (χ3n) is 10.8. The first-order valence-corrected chi connectivity index (χ1v) is 19.3. The zero-order chi connectivity index (χ0) is 34.0. The summed E-state index contributed by atoms with van der Waals surface area (Å²) >= 11 is 1.61. The lowest BCUT2D eigenvalue weighted by molar-refractivity contribution is -0.131. The first-order valence-electron chi connectivity index (χ1n) is 16.9. The third-order valence-corrected chi connectivity index (χ3v) is 13.1. The van der Waals surface area contributed by atoms with Crippen molar-refractivity contribution in [1.29, 1.82) is 0 Å². The zero-order valence-electron chi connectivity index (χ0n) is 28.2. The summed E-state index contributed by atoms with van der Waals surface area (Å²) in [6, 6.07) is 17.4. The molecule has 3 atom stereocenters. The van der Waals surface area contributed by atoms with Crippen molar-refractivity contribution >= 4 is 50.0 Å². The van der Waals surface area contributed by atoms with Gasteiger partial charge in [0.2, 0.25) is 10.0 Å². The molecule has 3 aromatic carbocycles. The summed E-state index contributed by atoms with van der Waals surface area (Å²) in [5, 5.41) is 8.42. The van der Waals surface area contributed by atoms with E-state index in [9.17, 15) is 13.2 Å². The van der Waals surface area contributed by atoms with E-state index in [-0.39, 0.29) is 24.9 Å². The Morgan fingerprint density at radius 3 is 2.44 bits per heavy atom. The van der Waals surface area contributed by atoms with Gasteiger partial charge in [-0.1, -0.05) is 74.1 Å². The molecule has 1 aromatic heterocycles. The molecule has 9 nitrogen and oxygen atoms in total. The topological polar surface area (TPSA) is 104 Å². The van der Waals surface area contributed by atoms with Gasteiger partial charge in [-0.25, -0.2) is 13.1 Å². The van der Waals surface area contributed by atoms with Gasteiger partial charge < -0.3 is 7.80 Å². The Balaban J connectivity index is 1.22. The van der Waals surface area contributed by atoms with E-state index in [1.807, 2.05) is 49.4 Å². The second-order valence-corrected chi connectivity index (χ2v) is 16.2. The Bertz CT molecular complexity index is 1870. The van der Waals surface area contributed by atoms with Gasteiger partial charge in [-0.15, -0.1) is 5.10 Å². The molecule has 256 valence electrons. The molecule has 48 heavy (non-hydrogen) atoms. The third kappa shape index (κ3) is 7.28. The van der Waals surface area contributed by atoms with Crippen LogP contribution in [0.25, 0.3) is 11.0 Å². The molecule has 2 aliphatic rings. The molecular weight excluding hydrogens is 739 g/mol. The van der Waals surface area contributed by atoms with Crippen LogP contribution in [0, 0.1) is 18.8 Å². The first-order chi connectivity index (χ1) is 23.1. The van der Waals surface area contributed by atoms with Gasteiger partial charge in [0.25, 0.3) is 0 Å². The molecule has 2 saturated carbocycles. The summed E-state index contributed by atoms with van der Waals surface area (Å²) < 4.78 is 41.4. The lowest BCUT2D eigenvalue weighted by Gasteiger charge is -2.33. The second-order valence-electron chi connectivity index (χ2n) is 13.7. The van der Waals surface area contributed by atoms with Crippen LogP contribution in [-0.4, -0.2) is 47.8 Å². The number of hydrogen-bond donors (Lipinski definition) is 0. The second kappa shape index (κ2) is 14.8. The van der Waals surface area contributed by atoms with Crippen molar-refractivity contribution in [3.8, 4) is 5.75 Å². The maximum absolute atomic E-state index is 13.8. The van der Waals surface area contributed by atoms with Gasteiger partial charge in [0.05, 0.1) is 18.4 Å². The Hall–Kier alpha value is -3.03. The molecule has 6 rings (SSSR count). The lowest BCUT2D eigenvalue weighted by atomic mass is 9.72. The van der Waals surface area contributed by atoms with Crippen LogP contribution in [0.2, 0.25) is 0 Å². The highest BCUT2D eigenvalue weighted by molar-refractivity contribution is 14.1. The molecule has 2 aliphatic carbocycles. The van der Waals surface area contributed by atoms with Gasteiger partial charge in [-0.2, -0.15) is 4.31 Å². The van der Waals surface area contributed by atoms with E-state index in [2.05, 4.69) is 10.3 Å².